The summed E-state index contributed by atoms with van der Waals surface area (Å²) in [6, 6.07) is 4.56. The van der Waals surface area contributed by atoms with Crippen LogP contribution in [0.1, 0.15) is 22.8 Å². The van der Waals surface area contributed by atoms with Crippen LogP contribution < -0.4 is 10.6 Å². The molecule has 1 amide bonds. The van der Waals surface area contributed by atoms with Gasteiger partial charge in [0, 0.05) is 18.2 Å². The average Bonchev–Trinajstić information content (AvgIpc) is 2.29. The fraction of sp³-hybridized carbons (Fsp3) is 0.417. The highest BCUT2D eigenvalue weighted by atomic mass is 19.1. The van der Waals surface area contributed by atoms with Crippen LogP contribution in [0.2, 0.25) is 0 Å². The third kappa shape index (κ3) is 3.31. The molecular weight excluding hydrogens is 207 g/mol. The molecule has 0 radical (unpaired) electrons. The monoisotopic (exact) mass is 224 g/mol. The van der Waals surface area contributed by atoms with Crippen molar-refractivity contribution in [2.24, 2.45) is 0 Å². The molecule has 4 heteroatoms. The molecule has 1 atom stereocenters. The topological polar surface area (TPSA) is 41.1 Å². The van der Waals surface area contributed by atoms with E-state index in [-0.39, 0.29) is 17.8 Å². The Bertz CT molecular complexity index is 379. The Kier molecular flexibility index (Phi) is 4.43. The largest absolute Gasteiger partial charge is 0.350 e. The quantitative estimate of drug-likeness (QED) is 0.813. The number of amides is 1. The first-order chi connectivity index (χ1) is 7.54. The second-order valence-electron chi connectivity index (χ2n) is 3.86. The number of benzene rings is 1. The van der Waals surface area contributed by atoms with Crippen molar-refractivity contribution in [1.29, 1.82) is 0 Å². The molecule has 1 aromatic carbocycles. The van der Waals surface area contributed by atoms with Crippen LogP contribution in [-0.4, -0.2) is 25.5 Å². The molecule has 0 saturated heterocycles. The molecule has 0 saturated carbocycles. The van der Waals surface area contributed by atoms with E-state index in [1.165, 1.54) is 12.1 Å². The molecule has 1 unspecified atom stereocenters. The van der Waals surface area contributed by atoms with Gasteiger partial charge in [0.1, 0.15) is 5.82 Å². The van der Waals surface area contributed by atoms with Gasteiger partial charge in [-0.2, -0.15) is 0 Å². The molecule has 1 rings (SSSR count). The van der Waals surface area contributed by atoms with Crippen molar-refractivity contribution in [3.63, 3.8) is 0 Å². The van der Waals surface area contributed by atoms with Crippen LogP contribution in [0, 0.1) is 12.7 Å². The molecule has 88 valence electrons. The maximum Gasteiger partial charge on any atom is 0.251 e. The predicted octanol–water partition coefficient (Wildman–Crippen LogP) is 1.47. The lowest BCUT2D eigenvalue weighted by Crippen LogP contribution is -2.37. The Hall–Kier alpha value is -1.42. The van der Waals surface area contributed by atoms with Gasteiger partial charge in [-0.25, -0.2) is 4.39 Å². The highest BCUT2D eigenvalue weighted by molar-refractivity contribution is 5.94. The molecule has 0 bridgehead atoms. The SMILES string of the molecule is CNC(C)CNC(=O)c1ccc(F)c(C)c1. The molecule has 0 aliphatic rings. The van der Waals surface area contributed by atoms with Gasteiger partial charge in [-0.3, -0.25) is 4.79 Å². The molecule has 2 N–H and O–H groups in total. The molecular formula is C12H17FN2O. The van der Waals surface area contributed by atoms with Crippen LogP contribution in [0.3, 0.4) is 0 Å². The molecule has 0 fully saturated rings. The van der Waals surface area contributed by atoms with Gasteiger partial charge in [0.2, 0.25) is 0 Å². The van der Waals surface area contributed by atoms with Crippen LogP contribution in [-0.2, 0) is 0 Å². The first kappa shape index (κ1) is 12.6. The first-order valence-corrected chi connectivity index (χ1v) is 5.26. The number of nitrogens with one attached hydrogen (secondary N) is 2. The molecule has 0 heterocycles. The van der Waals surface area contributed by atoms with Crippen molar-refractivity contribution in [3.05, 3.63) is 35.1 Å². The Morgan fingerprint density at radius 1 is 1.50 bits per heavy atom. The van der Waals surface area contributed by atoms with Gasteiger partial charge in [0.25, 0.3) is 5.91 Å². The van der Waals surface area contributed by atoms with E-state index in [2.05, 4.69) is 10.6 Å². The van der Waals surface area contributed by atoms with E-state index in [1.807, 2.05) is 14.0 Å². The van der Waals surface area contributed by atoms with E-state index in [0.29, 0.717) is 17.7 Å². The zero-order chi connectivity index (χ0) is 12.1. The Morgan fingerprint density at radius 2 is 2.19 bits per heavy atom. The lowest BCUT2D eigenvalue weighted by molar-refractivity contribution is 0.0950. The number of halogens is 1. The summed E-state index contributed by atoms with van der Waals surface area (Å²) in [6.07, 6.45) is 0. The fourth-order valence-corrected chi connectivity index (χ4v) is 1.24. The zero-order valence-corrected chi connectivity index (χ0v) is 9.80. The van der Waals surface area contributed by atoms with Gasteiger partial charge in [-0.15, -0.1) is 0 Å². The maximum atomic E-state index is 13.0. The molecule has 1 aromatic rings. The molecule has 0 aliphatic heterocycles. The summed E-state index contributed by atoms with van der Waals surface area (Å²) in [5, 5.41) is 5.79. The summed E-state index contributed by atoms with van der Waals surface area (Å²) in [4.78, 5) is 11.7. The Labute approximate surface area is 95.0 Å². The van der Waals surface area contributed by atoms with Gasteiger partial charge in [-0.1, -0.05) is 0 Å². The van der Waals surface area contributed by atoms with E-state index in [1.54, 1.807) is 13.0 Å². The van der Waals surface area contributed by atoms with Crippen molar-refractivity contribution in [2.45, 2.75) is 19.9 Å². The van der Waals surface area contributed by atoms with Crippen molar-refractivity contribution < 1.29 is 9.18 Å². The summed E-state index contributed by atoms with van der Waals surface area (Å²) >= 11 is 0. The summed E-state index contributed by atoms with van der Waals surface area (Å²) in [5.41, 5.74) is 0.969. The van der Waals surface area contributed by atoms with Gasteiger partial charge >= 0.3 is 0 Å². The van der Waals surface area contributed by atoms with Crippen LogP contribution >= 0.6 is 0 Å². The van der Waals surface area contributed by atoms with E-state index in [4.69, 9.17) is 0 Å². The number of hydrogen-bond donors (Lipinski definition) is 2. The van der Waals surface area contributed by atoms with Crippen molar-refractivity contribution in [1.82, 2.24) is 10.6 Å². The lowest BCUT2D eigenvalue weighted by atomic mass is 10.1. The minimum absolute atomic E-state index is 0.176. The van der Waals surface area contributed by atoms with Crippen molar-refractivity contribution >= 4 is 5.91 Å². The third-order valence-electron chi connectivity index (χ3n) is 2.48. The minimum Gasteiger partial charge on any atom is -0.350 e. The van der Waals surface area contributed by atoms with Crippen LogP contribution in [0.15, 0.2) is 18.2 Å². The molecule has 16 heavy (non-hydrogen) atoms. The second-order valence-corrected chi connectivity index (χ2v) is 3.86. The standard InChI is InChI=1S/C12H17FN2O/c1-8-6-10(4-5-11(8)13)12(16)15-7-9(2)14-3/h4-6,9,14H,7H2,1-3H3,(H,15,16). The average molecular weight is 224 g/mol. The molecule has 0 spiro atoms. The molecule has 0 aliphatic carbocycles. The summed E-state index contributed by atoms with van der Waals surface area (Å²) in [5.74, 6) is -0.467. The number of carbonyl (C=O) groups is 1. The van der Waals surface area contributed by atoms with Gasteiger partial charge in [0.15, 0.2) is 0 Å². The Balaban J connectivity index is 2.63. The van der Waals surface area contributed by atoms with Gasteiger partial charge < -0.3 is 10.6 Å². The number of likely N-dealkylation sites (N-methyl/N-ethyl adjacent to an activating group) is 1. The lowest BCUT2D eigenvalue weighted by Gasteiger charge is -2.11. The van der Waals surface area contributed by atoms with Crippen LogP contribution in [0.25, 0.3) is 0 Å². The van der Waals surface area contributed by atoms with Crippen LogP contribution in [0.5, 0.6) is 0 Å². The Morgan fingerprint density at radius 3 is 2.75 bits per heavy atom. The predicted molar refractivity (Wildman–Crippen MR) is 62.0 cm³/mol. The molecule has 3 nitrogen and oxygen atoms in total. The van der Waals surface area contributed by atoms with E-state index < -0.39 is 0 Å². The van der Waals surface area contributed by atoms with E-state index in [0.717, 1.165) is 0 Å². The number of carbonyl (C=O) groups excluding carboxylic acids is 1. The number of hydrogen-bond acceptors (Lipinski definition) is 2. The number of aryl methyl sites for hydroxylation is 1. The minimum atomic E-state index is -0.292. The van der Waals surface area contributed by atoms with Gasteiger partial charge in [0.05, 0.1) is 0 Å². The maximum absolute atomic E-state index is 13.0. The first-order valence-electron chi connectivity index (χ1n) is 5.26. The normalized spacial score (nSPS) is 12.2. The summed E-state index contributed by atoms with van der Waals surface area (Å²) in [6.45, 7) is 4.16. The third-order valence-corrected chi connectivity index (χ3v) is 2.48. The summed E-state index contributed by atoms with van der Waals surface area (Å²) < 4.78 is 13.0. The van der Waals surface area contributed by atoms with Gasteiger partial charge in [-0.05, 0) is 44.7 Å². The highest BCUT2D eigenvalue weighted by Crippen LogP contribution is 2.08. The number of rotatable bonds is 4. The summed E-state index contributed by atoms with van der Waals surface area (Å²) in [7, 11) is 1.83. The zero-order valence-electron chi connectivity index (χ0n) is 9.80. The van der Waals surface area contributed by atoms with Crippen molar-refractivity contribution in [3.8, 4) is 0 Å². The highest BCUT2D eigenvalue weighted by Gasteiger charge is 2.08. The van der Waals surface area contributed by atoms with E-state index >= 15 is 0 Å². The fourth-order valence-electron chi connectivity index (χ4n) is 1.24. The van der Waals surface area contributed by atoms with Crippen molar-refractivity contribution in [2.75, 3.05) is 13.6 Å². The van der Waals surface area contributed by atoms with Crippen LogP contribution in [0.4, 0.5) is 4.39 Å². The molecule has 0 aromatic heterocycles. The smallest absolute Gasteiger partial charge is 0.251 e. The second kappa shape index (κ2) is 5.61. The van der Waals surface area contributed by atoms with E-state index in [9.17, 15) is 9.18 Å².